The lowest BCUT2D eigenvalue weighted by atomic mass is 10.3. The van der Waals surface area contributed by atoms with Crippen LogP contribution < -0.4 is 0 Å². The number of nitrogens with zero attached hydrogens (tertiary/aromatic N) is 2. The van der Waals surface area contributed by atoms with Crippen LogP contribution in [-0.2, 0) is 11.3 Å². The zero-order valence-electron chi connectivity index (χ0n) is 9.45. The molecule has 3 rings (SSSR count). The van der Waals surface area contributed by atoms with E-state index in [4.69, 9.17) is 16.3 Å². The van der Waals surface area contributed by atoms with E-state index in [1.54, 1.807) is 0 Å². The Morgan fingerprint density at radius 1 is 1.35 bits per heavy atom. The first-order valence-electron chi connectivity index (χ1n) is 5.75. The number of morpholine rings is 1. The molecule has 0 atom stereocenters. The first-order chi connectivity index (χ1) is 8.31. The molecule has 0 bridgehead atoms. The van der Waals surface area contributed by atoms with Gasteiger partial charge in [-0.1, -0.05) is 11.6 Å². The minimum absolute atomic E-state index is 0.735. The quantitative estimate of drug-likeness (QED) is 0.888. The lowest BCUT2D eigenvalue weighted by Gasteiger charge is -2.25. The Labute approximate surface area is 105 Å². The molecule has 90 valence electrons. The van der Waals surface area contributed by atoms with Crippen molar-refractivity contribution in [3.8, 4) is 0 Å². The van der Waals surface area contributed by atoms with Gasteiger partial charge in [-0.25, -0.2) is 4.98 Å². The van der Waals surface area contributed by atoms with Gasteiger partial charge in [0.1, 0.15) is 5.82 Å². The molecule has 0 spiro atoms. The minimum atomic E-state index is 0.735. The molecule has 4 nitrogen and oxygen atoms in total. The summed E-state index contributed by atoms with van der Waals surface area (Å²) in [4.78, 5) is 10.2. The molecule has 0 saturated carbocycles. The normalized spacial score (nSPS) is 17.7. The Morgan fingerprint density at radius 3 is 3.00 bits per heavy atom. The van der Waals surface area contributed by atoms with Gasteiger partial charge in [0.15, 0.2) is 0 Å². The lowest BCUT2D eigenvalue weighted by Crippen LogP contribution is -2.35. The van der Waals surface area contributed by atoms with Gasteiger partial charge < -0.3 is 9.72 Å². The van der Waals surface area contributed by atoms with Gasteiger partial charge >= 0.3 is 0 Å². The van der Waals surface area contributed by atoms with Crippen molar-refractivity contribution in [2.24, 2.45) is 0 Å². The van der Waals surface area contributed by atoms with Gasteiger partial charge in [0, 0.05) is 18.1 Å². The van der Waals surface area contributed by atoms with E-state index in [-0.39, 0.29) is 0 Å². The maximum Gasteiger partial charge on any atom is 0.121 e. The highest BCUT2D eigenvalue weighted by atomic mass is 35.5. The maximum atomic E-state index is 5.95. The second-order valence-corrected chi connectivity index (χ2v) is 4.67. The highest BCUT2D eigenvalue weighted by molar-refractivity contribution is 6.31. The smallest absolute Gasteiger partial charge is 0.121 e. The monoisotopic (exact) mass is 251 g/mol. The van der Waals surface area contributed by atoms with Crippen LogP contribution in [0.15, 0.2) is 18.2 Å². The molecule has 0 unspecified atom stereocenters. The third-order valence-electron chi connectivity index (χ3n) is 2.97. The number of imidazole rings is 1. The highest BCUT2D eigenvalue weighted by Crippen LogP contribution is 2.17. The van der Waals surface area contributed by atoms with E-state index in [1.165, 1.54) is 0 Å². The van der Waals surface area contributed by atoms with Gasteiger partial charge in [0.05, 0.1) is 30.8 Å². The van der Waals surface area contributed by atoms with Crippen molar-refractivity contribution in [2.45, 2.75) is 6.54 Å². The summed E-state index contributed by atoms with van der Waals surface area (Å²) >= 11 is 5.95. The molecule has 0 amide bonds. The molecule has 1 saturated heterocycles. The second kappa shape index (κ2) is 4.64. The fraction of sp³-hybridized carbons (Fsp3) is 0.417. The van der Waals surface area contributed by atoms with E-state index in [2.05, 4.69) is 14.9 Å². The fourth-order valence-electron chi connectivity index (χ4n) is 2.08. The number of hydrogen-bond acceptors (Lipinski definition) is 3. The summed E-state index contributed by atoms with van der Waals surface area (Å²) in [6.07, 6.45) is 0. The standard InChI is InChI=1S/C12H14ClN3O/c13-9-1-2-10-11(7-9)15-12(14-10)8-16-3-5-17-6-4-16/h1-2,7H,3-6,8H2,(H,14,15). The number of benzene rings is 1. The Morgan fingerprint density at radius 2 is 2.18 bits per heavy atom. The molecule has 0 radical (unpaired) electrons. The largest absolute Gasteiger partial charge is 0.379 e. The average Bonchev–Trinajstić information content (AvgIpc) is 2.71. The van der Waals surface area contributed by atoms with Crippen LogP contribution in [0.5, 0.6) is 0 Å². The number of fused-ring (bicyclic) bond motifs is 1. The third kappa shape index (κ3) is 2.44. The van der Waals surface area contributed by atoms with Crippen LogP contribution in [0.2, 0.25) is 5.02 Å². The van der Waals surface area contributed by atoms with Crippen molar-refractivity contribution in [1.82, 2.24) is 14.9 Å². The molecule has 0 aliphatic carbocycles. The number of ether oxygens (including phenoxy) is 1. The SMILES string of the molecule is Clc1ccc2nc(CN3CCOCC3)[nH]c2c1. The van der Waals surface area contributed by atoms with Gasteiger partial charge in [0.2, 0.25) is 0 Å². The molecular formula is C12H14ClN3O. The Bertz CT molecular complexity index is 519. The molecule has 5 heteroatoms. The molecule has 1 aliphatic rings. The number of aromatic nitrogens is 2. The molecule has 2 heterocycles. The van der Waals surface area contributed by atoms with Crippen LogP contribution in [0.4, 0.5) is 0 Å². The molecule has 1 N–H and O–H groups in total. The molecule has 1 aromatic heterocycles. The van der Waals surface area contributed by atoms with E-state index in [9.17, 15) is 0 Å². The van der Waals surface area contributed by atoms with Gasteiger partial charge in [0.25, 0.3) is 0 Å². The van der Waals surface area contributed by atoms with Crippen LogP contribution in [0, 0.1) is 0 Å². The predicted octanol–water partition coefficient (Wildman–Crippen LogP) is 2.05. The average molecular weight is 252 g/mol. The van der Waals surface area contributed by atoms with Crippen molar-refractivity contribution in [3.05, 3.63) is 29.0 Å². The third-order valence-corrected chi connectivity index (χ3v) is 3.21. The van der Waals surface area contributed by atoms with E-state index in [0.717, 1.165) is 54.7 Å². The van der Waals surface area contributed by atoms with Crippen LogP contribution in [0.3, 0.4) is 0 Å². The van der Waals surface area contributed by atoms with E-state index < -0.39 is 0 Å². The van der Waals surface area contributed by atoms with E-state index >= 15 is 0 Å². The summed E-state index contributed by atoms with van der Waals surface area (Å²) < 4.78 is 5.32. The Kier molecular flexibility index (Phi) is 3.01. The van der Waals surface area contributed by atoms with Gasteiger partial charge in [-0.05, 0) is 18.2 Å². The molecule has 1 fully saturated rings. The summed E-state index contributed by atoms with van der Waals surface area (Å²) in [5.41, 5.74) is 1.97. The molecule has 2 aromatic rings. The molecule has 1 aliphatic heterocycles. The van der Waals surface area contributed by atoms with Crippen LogP contribution in [-0.4, -0.2) is 41.2 Å². The van der Waals surface area contributed by atoms with E-state index in [0.29, 0.717) is 0 Å². The van der Waals surface area contributed by atoms with Crippen molar-refractivity contribution in [3.63, 3.8) is 0 Å². The van der Waals surface area contributed by atoms with Gasteiger partial charge in [-0.3, -0.25) is 4.90 Å². The van der Waals surface area contributed by atoms with Crippen molar-refractivity contribution < 1.29 is 4.74 Å². The first kappa shape index (κ1) is 11.0. The zero-order chi connectivity index (χ0) is 11.7. The summed E-state index contributed by atoms with van der Waals surface area (Å²) in [5.74, 6) is 0.990. The molecule has 1 aromatic carbocycles. The minimum Gasteiger partial charge on any atom is -0.379 e. The Balaban J connectivity index is 1.80. The fourth-order valence-corrected chi connectivity index (χ4v) is 2.25. The second-order valence-electron chi connectivity index (χ2n) is 4.23. The number of rotatable bonds is 2. The van der Waals surface area contributed by atoms with Crippen LogP contribution in [0.1, 0.15) is 5.82 Å². The first-order valence-corrected chi connectivity index (χ1v) is 6.13. The number of halogens is 1. The number of aromatic amines is 1. The highest BCUT2D eigenvalue weighted by Gasteiger charge is 2.12. The number of H-pyrrole nitrogens is 1. The number of hydrogen-bond donors (Lipinski definition) is 1. The van der Waals surface area contributed by atoms with Crippen LogP contribution >= 0.6 is 11.6 Å². The predicted molar refractivity (Wildman–Crippen MR) is 67.2 cm³/mol. The summed E-state index contributed by atoms with van der Waals surface area (Å²) in [7, 11) is 0. The van der Waals surface area contributed by atoms with Crippen molar-refractivity contribution in [1.29, 1.82) is 0 Å². The van der Waals surface area contributed by atoms with Gasteiger partial charge in [-0.15, -0.1) is 0 Å². The van der Waals surface area contributed by atoms with Crippen molar-refractivity contribution >= 4 is 22.6 Å². The zero-order valence-corrected chi connectivity index (χ0v) is 10.2. The number of nitrogens with one attached hydrogen (secondary N) is 1. The summed E-state index contributed by atoms with van der Waals surface area (Å²) in [6, 6.07) is 5.72. The Hall–Kier alpha value is -1.10. The van der Waals surface area contributed by atoms with Crippen molar-refractivity contribution in [2.75, 3.05) is 26.3 Å². The van der Waals surface area contributed by atoms with Crippen LogP contribution in [0.25, 0.3) is 11.0 Å². The molecular weight excluding hydrogens is 238 g/mol. The van der Waals surface area contributed by atoms with Gasteiger partial charge in [-0.2, -0.15) is 0 Å². The topological polar surface area (TPSA) is 41.2 Å². The van der Waals surface area contributed by atoms with E-state index in [1.807, 2.05) is 18.2 Å². The lowest BCUT2D eigenvalue weighted by molar-refractivity contribution is 0.0332. The summed E-state index contributed by atoms with van der Waals surface area (Å²) in [5, 5.41) is 0.735. The summed E-state index contributed by atoms with van der Waals surface area (Å²) in [6.45, 7) is 4.41. The molecule has 17 heavy (non-hydrogen) atoms. The maximum absolute atomic E-state index is 5.95.